The molecule has 4 nitrogen and oxygen atoms in total. The van der Waals surface area contributed by atoms with Gasteiger partial charge < -0.3 is 9.47 Å². The molecule has 0 heterocycles. The second-order valence-corrected chi connectivity index (χ2v) is 3.64. The average Bonchev–Trinajstić information content (AvgIpc) is 2.38. The molecule has 0 N–H and O–H groups in total. The van der Waals surface area contributed by atoms with Gasteiger partial charge >= 0.3 is 5.97 Å². The lowest BCUT2D eigenvalue weighted by Gasteiger charge is -2.12. The van der Waals surface area contributed by atoms with Gasteiger partial charge in [-0.3, -0.25) is 4.79 Å². The Hall–Kier alpha value is -2.16. The Morgan fingerprint density at radius 3 is 2.63 bits per heavy atom. The number of ether oxygens (including phenoxy) is 2. The number of benzene rings is 1. The van der Waals surface area contributed by atoms with Gasteiger partial charge in [0.1, 0.15) is 5.75 Å². The van der Waals surface area contributed by atoms with Crippen molar-refractivity contribution in [3.05, 3.63) is 28.8 Å². The fourth-order valence-corrected chi connectivity index (χ4v) is 1.63. The largest absolute Gasteiger partial charge is 0.497 e. The van der Waals surface area contributed by atoms with E-state index in [2.05, 4.69) is 0 Å². The van der Waals surface area contributed by atoms with E-state index in [1.54, 1.807) is 13.0 Å². The van der Waals surface area contributed by atoms with Crippen LogP contribution in [0.3, 0.4) is 0 Å². The van der Waals surface area contributed by atoms with E-state index in [1.807, 2.05) is 0 Å². The molecule has 0 fully saturated rings. The molecule has 1 aromatic rings. The predicted molar refractivity (Wildman–Crippen MR) is 63.0 cm³/mol. The first-order valence-electron chi connectivity index (χ1n) is 5.58. The fourth-order valence-electron chi connectivity index (χ4n) is 1.63. The molecule has 19 heavy (non-hydrogen) atoms. The number of esters is 1. The molecular weight excluding hydrogens is 256 g/mol. The zero-order valence-electron chi connectivity index (χ0n) is 10.6. The van der Waals surface area contributed by atoms with Crippen LogP contribution in [0, 0.1) is 11.3 Å². The van der Waals surface area contributed by atoms with Crippen molar-refractivity contribution in [2.45, 2.75) is 19.8 Å². The number of hydrogen-bond donors (Lipinski definition) is 0. The average molecular weight is 269 g/mol. The maximum Gasteiger partial charge on any atom is 0.310 e. The van der Waals surface area contributed by atoms with Crippen LogP contribution in [0.1, 0.15) is 30.0 Å². The Bertz CT molecular complexity index is 509. The van der Waals surface area contributed by atoms with Crippen molar-refractivity contribution >= 4 is 5.97 Å². The minimum Gasteiger partial charge on any atom is -0.497 e. The molecule has 1 rings (SSSR count). The summed E-state index contributed by atoms with van der Waals surface area (Å²) in [4.78, 5) is 11.4. The van der Waals surface area contributed by atoms with Crippen LogP contribution in [0.25, 0.3) is 0 Å². The van der Waals surface area contributed by atoms with Crippen LogP contribution < -0.4 is 4.74 Å². The molecule has 0 bridgehead atoms. The summed E-state index contributed by atoms with van der Waals surface area (Å²) < 4.78 is 35.5. The lowest BCUT2D eigenvalue weighted by molar-refractivity contribution is -0.142. The highest BCUT2D eigenvalue weighted by Gasteiger charge is 2.21. The molecule has 0 spiro atoms. The summed E-state index contributed by atoms with van der Waals surface area (Å²) in [7, 11) is 1.32. The van der Waals surface area contributed by atoms with Gasteiger partial charge in [0, 0.05) is 5.56 Å². The number of nitrogens with zero attached hydrogens (tertiary/aromatic N) is 1. The second kappa shape index (κ2) is 6.69. The zero-order chi connectivity index (χ0) is 14.4. The Kier molecular flexibility index (Phi) is 5.24. The van der Waals surface area contributed by atoms with Crippen LogP contribution in [-0.4, -0.2) is 19.7 Å². The zero-order valence-corrected chi connectivity index (χ0v) is 10.6. The first-order valence-corrected chi connectivity index (χ1v) is 5.58. The van der Waals surface area contributed by atoms with Crippen LogP contribution in [0.2, 0.25) is 0 Å². The van der Waals surface area contributed by atoms with Crippen molar-refractivity contribution in [3.63, 3.8) is 0 Å². The highest BCUT2D eigenvalue weighted by molar-refractivity contribution is 5.74. The van der Waals surface area contributed by atoms with Crippen molar-refractivity contribution in [2.75, 3.05) is 13.7 Å². The smallest absolute Gasteiger partial charge is 0.310 e. The number of nitriles is 1. The van der Waals surface area contributed by atoms with E-state index in [1.165, 1.54) is 13.2 Å². The van der Waals surface area contributed by atoms with Crippen LogP contribution in [0.4, 0.5) is 8.78 Å². The molecule has 0 aliphatic rings. The molecule has 0 saturated carbocycles. The van der Waals surface area contributed by atoms with Crippen molar-refractivity contribution in [1.82, 2.24) is 0 Å². The Labute approximate surface area is 109 Å². The number of rotatable bonds is 5. The van der Waals surface area contributed by atoms with E-state index >= 15 is 0 Å². The Morgan fingerprint density at radius 2 is 2.16 bits per heavy atom. The number of carbonyl (C=O) groups is 1. The van der Waals surface area contributed by atoms with E-state index in [-0.39, 0.29) is 35.5 Å². The summed E-state index contributed by atoms with van der Waals surface area (Å²) in [6, 6.07) is 4.24. The summed E-state index contributed by atoms with van der Waals surface area (Å²) in [5.74, 6) is -0.495. The third kappa shape index (κ3) is 3.65. The SMILES string of the molecule is CCOC(=O)Cc1c(C#N)cc(OC)cc1C(F)F. The van der Waals surface area contributed by atoms with Gasteiger partial charge in [0.05, 0.1) is 31.8 Å². The number of alkyl halides is 2. The molecule has 0 aliphatic carbocycles. The lowest BCUT2D eigenvalue weighted by atomic mass is 9.98. The Morgan fingerprint density at radius 1 is 1.47 bits per heavy atom. The number of hydrogen-bond acceptors (Lipinski definition) is 4. The highest BCUT2D eigenvalue weighted by atomic mass is 19.3. The van der Waals surface area contributed by atoms with Gasteiger partial charge in [0.15, 0.2) is 0 Å². The molecule has 0 aliphatic heterocycles. The summed E-state index contributed by atoms with van der Waals surface area (Å²) in [5, 5.41) is 8.98. The van der Waals surface area contributed by atoms with Gasteiger partial charge in [-0.2, -0.15) is 5.26 Å². The van der Waals surface area contributed by atoms with Crippen LogP contribution in [-0.2, 0) is 16.0 Å². The van der Waals surface area contributed by atoms with Crippen molar-refractivity contribution < 1.29 is 23.0 Å². The van der Waals surface area contributed by atoms with E-state index in [0.29, 0.717) is 0 Å². The van der Waals surface area contributed by atoms with Gasteiger partial charge in [-0.1, -0.05) is 0 Å². The van der Waals surface area contributed by atoms with Gasteiger partial charge in [-0.05, 0) is 24.6 Å². The fraction of sp³-hybridized carbons (Fsp3) is 0.385. The van der Waals surface area contributed by atoms with Gasteiger partial charge in [-0.25, -0.2) is 8.78 Å². The molecule has 0 aromatic heterocycles. The summed E-state index contributed by atoms with van der Waals surface area (Å²) in [5.41, 5.74) is -0.414. The first kappa shape index (κ1) is 14.9. The van der Waals surface area contributed by atoms with Crippen molar-refractivity contribution in [2.24, 2.45) is 0 Å². The maximum absolute atomic E-state index is 13.0. The molecule has 0 atom stereocenters. The van der Waals surface area contributed by atoms with E-state index in [9.17, 15) is 13.6 Å². The summed E-state index contributed by atoms with van der Waals surface area (Å²) in [6.07, 6.45) is -3.16. The Balaban J connectivity index is 3.26. The normalized spacial score (nSPS) is 10.1. The lowest BCUT2D eigenvalue weighted by Crippen LogP contribution is -2.11. The van der Waals surface area contributed by atoms with E-state index in [4.69, 9.17) is 14.7 Å². The van der Waals surface area contributed by atoms with Gasteiger partial charge in [0.2, 0.25) is 0 Å². The molecule has 0 unspecified atom stereocenters. The van der Waals surface area contributed by atoms with Gasteiger partial charge in [0.25, 0.3) is 6.43 Å². The van der Waals surface area contributed by atoms with E-state index in [0.717, 1.165) is 6.07 Å². The molecule has 0 amide bonds. The molecule has 0 radical (unpaired) electrons. The third-order valence-corrected chi connectivity index (χ3v) is 2.48. The second-order valence-electron chi connectivity index (χ2n) is 3.64. The van der Waals surface area contributed by atoms with Crippen molar-refractivity contribution in [3.8, 4) is 11.8 Å². The van der Waals surface area contributed by atoms with Crippen LogP contribution >= 0.6 is 0 Å². The maximum atomic E-state index is 13.0. The topological polar surface area (TPSA) is 59.3 Å². The predicted octanol–water partition coefficient (Wildman–Crippen LogP) is 2.61. The molecule has 0 saturated heterocycles. The monoisotopic (exact) mass is 269 g/mol. The minimum absolute atomic E-state index is 0.0114. The number of methoxy groups -OCH3 is 1. The molecule has 6 heteroatoms. The number of carbonyl (C=O) groups excluding carboxylic acids is 1. The van der Waals surface area contributed by atoms with Gasteiger partial charge in [-0.15, -0.1) is 0 Å². The molecule has 102 valence electrons. The third-order valence-electron chi connectivity index (χ3n) is 2.48. The minimum atomic E-state index is -2.80. The van der Waals surface area contributed by atoms with Crippen LogP contribution in [0.5, 0.6) is 5.75 Å². The van der Waals surface area contributed by atoms with Crippen molar-refractivity contribution in [1.29, 1.82) is 5.26 Å². The number of halogens is 2. The van der Waals surface area contributed by atoms with Crippen LogP contribution in [0.15, 0.2) is 12.1 Å². The summed E-state index contributed by atoms with van der Waals surface area (Å²) >= 11 is 0. The molecular formula is C13H13F2NO3. The first-order chi connectivity index (χ1) is 9.03. The quantitative estimate of drug-likeness (QED) is 0.771. The molecule has 1 aromatic carbocycles. The highest BCUT2D eigenvalue weighted by Crippen LogP contribution is 2.30. The van der Waals surface area contributed by atoms with E-state index < -0.39 is 12.4 Å². The standard InChI is InChI=1S/C13H13F2NO3/c1-3-19-12(17)6-10-8(7-16)4-9(18-2)5-11(10)13(14)15/h4-5,13H,3,6H2,1-2H3. The summed E-state index contributed by atoms with van der Waals surface area (Å²) in [6.45, 7) is 1.77.